The van der Waals surface area contributed by atoms with E-state index in [2.05, 4.69) is 133 Å². The minimum Gasteiger partial charge on any atom is -0.460 e. The Labute approximate surface area is 242 Å². The molecule has 0 saturated carbocycles. The second kappa shape index (κ2) is 8.95. The SMILES string of the molecule is c1ccc(-c2c3ccccc3c(-c3cccc4c3oc3c4ccc4c(-c5ccccc5)coc43)c3ccccc23)cc1. The molecule has 2 heterocycles. The van der Waals surface area contributed by atoms with Gasteiger partial charge in [0.2, 0.25) is 0 Å². The van der Waals surface area contributed by atoms with Crippen LogP contribution in [0.1, 0.15) is 0 Å². The molecule has 9 aromatic rings. The molecule has 7 aromatic carbocycles. The summed E-state index contributed by atoms with van der Waals surface area (Å²) in [5.41, 5.74) is 9.38. The van der Waals surface area contributed by atoms with Gasteiger partial charge in [-0.25, -0.2) is 0 Å². The number of hydrogen-bond donors (Lipinski definition) is 0. The number of benzene rings is 7. The van der Waals surface area contributed by atoms with Crippen molar-refractivity contribution in [2.45, 2.75) is 0 Å². The predicted octanol–water partition coefficient (Wildman–Crippen LogP) is 11.6. The van der Waals surface area contributed by atoms with Crippen molar-refractivity contribution in [1.29, 1.82) is 0 Å². The van der Waals surface area contributed by atoms with Crippen molar-refractivity contribution in [1.82, 2.24) is 0 Å². The van der Waals surface area contributed by atoms with Gasteiger partial charge in [0.15, 0.2) is 11.2 Å². The number of rotatable bonds is 3. The highest BCUT2D eigenvalue weighted by Crippen LogP contribution is 2.47. The fourth-order valence-electron chi connectivity index (χ4n) is 6.72. The Kier molecular flexibility index (Phi) is 4.93. The van der Waals surface area contributed by atoms with Crippen molar-refractivity contribution in [3.8, 4) is 33.4 Å². The van der Waals surface area contributed by atoms with Crippen LogP contribution in [-0.4, -0.2) is 0 Å². The number of furan rings is 2. The third kappa shape index (κ3) is 3.27. The van der Waals surface area contributed by atoms with E-state index in [-0.39, 0.29) is 0 Å². The van der Waals surface area contributed by atoms with Crippen LogP contribution in [0.4, 0.5) is 0 Å². The quantitative estimate of drug-likeness (QED) is 0.210. The number of fused-ring (bicyclic) bond motifs is 7. The molecule has 0 bridgehead atoms. The summed E-state index contributed by atoms with van der Waals surface area (Å²) >= 11 is 0. The van der Waals surface area contributed by atoms with Gasteiger partial charge in [-0.15, -0.1) is 0 Å². The van der Waals surface area contributed by atoms with Crippen LogP contribution >= 0.6 is 0 Å². The molecule has 0 fully saturated rings. The Bertz CT molecular complexity index is 2390. The lowest BCUT2D eigenvalue weighted by Crippen LogP contribution is -1.90. The minimum absolute atomic E-state index is 0.780. The van der Waals surface area contributed by atoms with E-state index >= 15 is 0 Å². The predicted molar refractivity (Wildman–Crippen MR) is 175 cm³/mol. The zero-order valence-corrected chi connectivity index (χ0v) is 22.7. The van der Waals surface area contributed by atoms with E-state index in [0.717, 1.165) is 49.6 Å². The molecule has 0 aliphatic heterocycles. The zero-order chi connectivity index (χ0) is 27.6. The van der Waals surface area contributed by atoms with E-state index in [1.807, 2.05) is 12.3 Å². The third-order valence-corrected chi connectivity index (χ3v) is 8.55. The summed E-state index contributed by atoms with van der Waals surface area (Å²) in [5, 5.41) is 8.07. The average Bonchev–Trinajstić information content (AvgIpc) is 3.66. The molecule has 0 N–H and O–H groups in total. The summed E-state index contributed by atoms with van der Waals surface area (Å²) in [7, 11) is 0. The van der Waals surface area contributed by atoms with Gasteiger partial charge in [-0.2, -0.15) is 0 Å². The molecule has 0 atom stereocenters. The summed E-state index contributed by atoms with van der Waals surface area (Å²) < 4.78 is 13.0. The highest BCUT2D eigenvalue weighted by atomic mass is 16.4. The summed E-state index contributed by atoms with van der Waals surface area (Å²) in [6.07, 6.45) is 1.84. The molecule has 2 heteroatoms. The Morgan fingerprint density at radius 3 is 1.50 bits per heavy atom. The molecular weight excluding hydrogens is 512 g/mol. The maximum absolute atomic E-state index is 6.82. The van der Waals surface area contributed by atoms with Gasteiger partial charge < -0.3 is 8.83 Å². The first-order chi connectivity index (χ1) is 20.9. The van der Waals surface area contributed by atoms with E-state index in [0.29, 0.717) is 0 Å². The summed E-state index contributed by atoms with van der Waals surface area (Å²) in [5.74, 6) is 0. The van der Waals surface area contributed by atoms with Crippen LogP contribution in [0.15, 0.2) is 155 Å². The molecule has 0 saturated heterocycles. The molecule has 0 unspecified atom stereocenters. The Hall–Kier alpha value is -5.60. The molecule has 2 aromatic heterocycles. The lowest BCUT2D eigenvalue weighted by atomic mass is 9.85. The van der Waals surface area contributed by atoms with Gasteiger partial charge in [0.05, 0.1) is 6.26 Å². The lowest BCUT2D eigenvalue weighted by molar-refractivity contribution is 0.601. The van der Waals surface area contributed by atoms with E-state index in [4.69, 9.17) is 8.83 Å². The summed E-state index contributed by atoms with van der Waals surface area (Å²) in [6, 6.07) is 49.4. The van der Waals surface area contributed by atoms with Gasteiger partial charge in [-0.1, -0.05) is 127 Å². The molecule has 196 valence electrons. The van der Waals surface area contributed by atoms with Gasteiger partial charge in [-0.05, 0) is 50.4 Å². The van der Waals surface area contributed by atoms with Crippen molar-refractivity contribution in [2.75, 3.05) is 0 Å². The normalized spacial score (nSPS) is 11.8. The molecule has 0 aliphatic rings. The van der Waals surface area contributed by atoms with Gasteiger partial charge in [0.25, 0.3) is 0 Å². The molecule has 0 aliphatic carbocycles. The van der Waals surface area contributed by atoms with Crippen LogP contribution in [-0.2, 0) is 0 Å². The standard InChI is InChI=1S/C40H24O2/c1-3-12-25(13-4-1)35-24-41-39-33(35)23-22-32-31-20-11-21-34(38(31)42-40(32)39)37-29-18-9-7-16-27(29)36(26-14-5-2-6-15-26)28-17-8-10-19-30(28)37/h1-24H. The van der Waals surface area contributed by atoms with Gasteiger partial charge >= 0.3 is 0 Å². The van der Waals surface area contributed by atoms with Crippen LogP contribution in [0.2, 0.25) is 0 Å². The smallest absolute Gasteiger partial charge is 0.178 e. The first-order valence-electron chi connectivity index (χ1n) is 14.3. The molecule has 0 amide bonds. The van der Waals surface area contributed by atoms with Crippen molar-refractivity contribution >= 4 is 54.5 Å². The van der Waals surface area contributed by atoms with E-state index in [1.165, 1.54) is 38.2 Å². The van der Waals surface area contributed by atoms with Gasteiger partial charge in [-0.3, -0.25) is 0 Å². The van der Waals surface area contributed by atoms with Crippen LogP contribution in [0, 0.1) is 0 Å². The van der Waals surface area contributed by atoms with Crippen LogP contribution < -0.4 is 0 Å². The first-order valence-corrected chi connectivity index (χ1v) is 14.3. The van der Waals surface area contributed by atoms with E-state index in [1.54, 1.807) is 0 Å². The van der Waals surface area contributed by atoms with E-state index < -0.39 is 0 Å². The molecule has 0 radical (unpaired) electrons. The number of hydrogen-bond acceptors (Lipinski definition) is 2. The Morgan fingerprint density at radius 2 is 0.833 bits per heavy atom. The third-order valence-electron chi connectivity index (χ3n) is 8.55. The van der Waals surface area contributed by atoms with Crippen LogP contribution in [0.25, 0.3) is 87.8 Å². The van der Waals surface area contributed by atoms with Gasteiger partial charge in [0.1, 0.15) is 5.58 Å². The molecule has 0 spiro atoms. The fourth-order valence-corrected chi connectivity index (χ4v) is 6.72. The highest BCUT2D eigenvalue weighted by molar-refractivity contribution is 6.25. The fraction of sp³-hybridized carbons (Fsp3) is 0. The Morgan fingerprint density at radius 1 is 0.310 bits per heavy atom. The summed E-state index contributed by atoms with van der Waals surface area (Å²) in [6.45, 7) is 0. The van der Waals surface area contributed by atoms with Crippen LogP contribution in [0.3, 0.4) is 0 Å². The topological polar surface area (TPSA) is 26.3 Å². The zero-order valence-electron chi connectivity index (χ0n) is 22.7. The maximum Gasteiger partial charge on any atom is 0.178 e. The van der Waals surface area contributed by atoms with Crippen molar-refractivity contribution in [3.63, 3.8) is 0 Å². The molecule has 2 nitrogen and oxygen atoms in total. The highest BCUT2D eigenvalue weighted by Gasteiger charge is 2.22. The van der Waals surface area contributed by atoms with E-state index in [9.17, 15) is 0 Å². The Balaban J connectivity index is 1.38. The second-order valence-electron chi connectivity index (χ2n) is 10.8. The number of para-hydroxylation sites is 1. The first kappa shape index (κ1) is 23.1. The lowest BCUT2D eigenvalue weighted by Gasteiger charge is -2.17. The maximum atomic E-state index is 6.82. The molecular formula is C40H24O2. The molecule has 9 rings (SSSR count). The van der Waals surface area contributed by atoms with Crippen molar-refractivity contribution < 1.29 is 8.83 Å². The van der Waals surface area contributed by atoms with Crippen molar-refractivity contribution in [3.05, 3.63) is 146 Å². The van der Waals surface area contributed by atoms with Gasteiger partial charge in [0, 0.05) is 32.8 Å². The molecule has 42 heavy (non-hydrogen) atoms. The largest absolute Gasteiger partial charge is 0.460 e. The van der Waals surface area contributed by atoms with Crippen LogP contribution in [0.5, 0.6) is 0 Å². The summed E-state index contributed by atoms with van der Waals surface area (Å²) in [4.78, 5) is 0. The second-order valence-corrected chi connectivity index (χ2v) is 10.8. The minimum atomic E-state index is 0.780. The average molecular weight is 537 g/mol. The van der Waals surface area contributed by atoms with Crippen molar-refractivity contribution in [2.24, 2.45) is 0 Å². The monoisotopic (exact) mass is 536 g/mol.